The van der Waals surface area contributed by atoms with Crippen molar-refractivity contribution in [1.29, 1.82) is 0 Å². The number of carbonyl (C=O) groups is 2. The number of anilines is 1. The summed E-state index contributed by atoms with van der Waals surface area (Å²) in [6.45, 7) is 1.96. The first-order chi connectivity index (χ1) is 11.1. The lowest BCUT2D eigenvalue weighted by molar-refractivity contribution is -0.116. The molecule has 2 aromatic carbocycles. The third-order valence-electron chi connectivity index (χ3n) is 3.15. The van der Waals surface area contributed by atoms with E-state index in [-0.39, 0.29) is 11.7 Å². The normalized spacial score (nSPS) is 10.3. The number of benzene rings is 2. The minimum absolute atomic E-state index is 0.00938. The van der Waals surface area contributed by atoms with Crippen LogP contribution in [0.4, 0.5) is 5.69 Å². The monoisotopic (exact) mass is 347 g/mol. The minimum atomic E-state index is -0.00938. The fourth-order valence-corrected chi connectivity index (χ4v) is 2.87. The Morgan fingerprint density at radius 1 is 1.04 bits per heavy atom. The Kier molecular flexibility index (Phi) is 6.68. The van der Waals surface area contributed by atoms with Crippen molar-refractivity contribution in [1.82, 2.24) is 0 Å². The Morgan fingerprint density at radius 2 is 1.70 bits per heavy atom. The van der Waals surface area contributed by atoms with Gasteiger partial charge in [-0.3, -0.25) is 9.59 Å². The smallest absolute Gasteiger partial charge is 0.224 e. The number of hydrogen-bond donors (Lipinski definition) is 1. The molecule has 0 aromatic heterocycles. The van der Waals surface area contributed by atoms with Crippen molar-refractivity contribution in [2.45, 2.75) is 24.7 Å². The van der Waals surface area contributed by atoms with Crippen molar-refractivity contribution in [3.63, 3.8) is 0 Å². The molecule has 0 bridgehead atoms. The summed E-state index contributed by atoms with van der Waals surface area (Å²) in [6, 6.07) is 14.4. The number of amides is 1. The van der Waals surface area contributed by atoms with Crippen LogP contribution in [0.15, 0.2) is 53.4 Å². The molecule has 23 heavy (non-hydrogen) atoms. The number of Topliss-reactive ketones (excluding diaryl/α,β-unsaturated/α-hetero) is 1. The first kappa shape index (κ1) is 17.6. The van der Waals surface area contributed by atoms with Gasteiger partial charge in [0.1, 0.15) is 0 Å². The zero-order valence-corrected chi connectivity index (χ0v) is 14.4. The molecule has 0 spiro atoms. The Labute approximate surface area is 145 Å². The number of thioether (sulfide) groups is 1. The molecule has 1 amide bonds. The number of ketones is 1. The Bertz CT molecular complexity index is 668. The molecule has 0 aliphatic carbocycles. The fraction of sp³-hybridized carbons (Fsp3) is 0.222. The first-order valence-electron chi connectivity index (χ1n) is 7.40. The number of hydrogen-bond acceptors (Lipinski definition) is 3. The van der Waals surface area contributed by atoms with Gasteiger partial charge in [0.05, 0.1) is 5.75 Å². The zero-order valence-electron chi connectivity index (χ0n) is 12.8. The Morgan fingerprint density at radius 3 is 2.30 bits per heavy atom. The Hall–Kier alpha value is -1.78. The molecule has 0 aliphatic rings. The number of nitrogens with one attached hydrogen (secondary N) is 1. The predicted molar refractivity (Wildman–Crippen MR) is 96.5 cm³/mol. The molecule has 5 heteroatoms. The lowest BCUT2D eigenvalue weighted by Gasteiger charge is -2.06. The van der Waals surface area contributed by atoms with Crippen LogP contribution in [0.1, 0.15) is 30.1 Å². The second-order valence-corrected chi connectivity index (χ2v) is 6.53. The number of carbonyl (C=O) groups excluding carboxylic acids is 2. The highest BCUT2D eigenvalue weighted by molar-refractivity contribution is 8.00. The Balaban J connectivity index is 1.89. The van der Waals surface area contributed by atoms with Crippen LogP contribution in [0, 0.1) is 0 Å². The van der Waals surface area contributed by atoms with Gasteiger partial charge in [-0.15, -0.1) is 11.8 Å². The summed E-state index contributed by atoms with van der Waals surface area (Å²) in [5, 5.41) is 3.49. The largest absolute Gasteiger partial charge is 0.326 e. The summed E-state index contributed by atoms with van der Waals surface area (Å²) in [7, 11) is 0. The van der Waals surface area contributed by atoms with E-state index in [4.69, 9.17) is 11.6 Å². The van der Waals surface area contributed by atoms with Crippen LogP contribution in [-0.2, 0) is 4.79 Å². The minimum Gasteiger partial charge on any atom is -0.326 e. The molecule has 1 N–H and O–H groups in total. The highest BCUT2D eigenvalue weighted by Crippen LogP contribution is 2.21. The van der Waals surface area contributed by atoms with Gasteiger partial charge in [-0.25, -0.2) is 0 Å². The van der Waals surface area contributed by atoms with Gasteiger partial charge in [0.25, 0.3) is 0 Å². The van der Waals surface area contributed by atoms with Crippen molar-refractivity contribution >= 4 is 40.7 Å². The summed E-state index contributed by atoms with van der Waals surface area (Å²) in [5.74, 6) is 0.407. The summed E-state index contributed by atoms with van der Waals surface area (Å²) >= 11 is 7.31. The maximum atomic E-state index is 12.2. The highest BCUT2D eigenvalue weighted by Gasteiger charge is 2.07. The van der Waals surface area contributed by atoms with E-state index < -0.39 is 0 Å². The van der Waals surface area contributed by atoms with Gasteiger partial charge in [-0.2, -0.15) is 0 Å². The van der Waals surface area contributed by atoms with Gasteiger partial charge in [0, 0.05) is 27.6 Å². The van der Waals surface area contributed by atoms with E-state index in [1.165, 1.54) is 11.8 Å². The van der Waals surface area contributed by atoms with Crippen LogP contribution in [0.25, 0.3) is 0 Å². The fourth-order valence-electron chi connectivity index (χ4n) is 1.95. The molecule has 2 aromatic rings. The van der Waals surface area contributed by atoms with Gasteiger partial charge >= 0.3 is 0 Å². The highest BCUT2D eigenvalue weighted by atomic mass is 35.5. The van der Waals surface area contributed by atoms with Gasteiger partial charge in [0.2, 0.25) is 5.91 Å². The van der Waals surface area contributed by atoms with Gasteiger partial charge in [-0.1, -0.05) is 18.5 Å². The molecule has 0 fully saturated rings. The van der Waals surface area contributed by atoms with E-state index >= 15 is 0 Å². The van der Waals surface area contributed by atoms with Crippen LogP contribution < -0.4 is 5.32 Å². The molecular formula is C18H18ClNO2S. The maximum absolute atomic E-state index is 12.2. The zero-order chi connectivity index (χ0) is 16.7. The number of halogens is 1. The first-order valence-corrected chi connectivity index (χ1v) is 8.76. The van der Waals surface area contributed by atoms with E-state index in [0.717, 1.165) is 11.3 Å². The summed E-state index contributed by atoms with van der Waals surface area (Å²) in [5.41, 5.74) is 1.35. The molecule has 120 valence electrons. The lowest BCUT2D eigenvalue weighted by atomic mass is 10.1. The van der Waals surface area contributed by atoms with Crippen molar-refractivity contribution in [3.8, 4) is 0 Å². The summed E-state index contributed by atoms with van der Waals surface area (Å²) in [4.78, 5) is 24.7. The van der Waals surface area contributed by atoms with Crippen molar-refractivity contribution in [2.75, 3.05) is 11.1 Å². The molecule has 3 nitrogen and oxygen atoms in total. The van der Waals surface area contributed by atoms with Crippen LogP contribution in [0.5, 0.6) is 0 Å². The molecule has 0 radical (unpaired) electrons. The molecule has 0 saturated heterocycles. The maximum Gasteiger partial charge on any atom is 0.224 e. The molecule has 0 aliphatic heterocycles. The van der Waals surface area contributed by atoms with Crippen LogP contribution in [-0.4, -0.2) is 17.4 Å². The standard InChI is InChI=1S/C18H18ClNO2S/c1-2-3-18(22)20-15-8-4-13(5-9-15)17(21)12-23-16-10-6-14(19)7-11-16/h4-11H,2-3,12H2,1H3,(H,20,22). The molecule has 2 rings (SSSR count). The third kappa shape index (κ3) is 5.73. The van der Waals surface area contributed by atoms with Crippen molar-refractivity contribution in [3.05, 3.63) is 59.1 Å². The van der Waals surface area contributed by atoms with E-state index in [1.807, 2.05) is 31.2 Å². The quantitative estimate of drug-likeness (QED) is 0.563. The molecule has 0 saturated carbocycles. The molecule has 0 unspecified atom stereocenters. The predicted octanol–water partition coefficient (Wildman–Crippen LogP) is 5.05. The van der Waals surface area contributed by atoms with Crippen LogP contribution in [0.3, 0.4) is 0 Å². The molecular weight excluding hydrogens is 330 g/mol. The van der Waals surface area contributed by atoms with Crippen molar-refractivity contribution in [2.24, 2.45) is 0 Å². The second kappa shape index (κ2) is 8.75. The lowest BCUT2D eigenvalue weighted by Crippen LogP contribution is -2.10. The molecule has 0 heterocycles. The van der Waals surface area contributed by atoms with E-state index in [2.05, 4.69) is 5.32 Å². The van der Waals surface area contributed by atoms with Gasteiger partial charge in [-0.05, 0) is 55.0 Å². The average molecular weight is 348 g/mol. The van der Waals surface area contributed by atoms with E-state index in [0.29, 0.717) is 28.4 Å². The third-order valence-corrected chi connectivity index (χ3v) is 4.42. The van der Waals surface area contributed by atoms with Gasteiger partial charge in [0.15, 0.2) is 5.78 Å². The van der Waals surface area contributed by atoms with Crippen LogP contribution in [0.2, 0.25) is 5.02 Å². The second-order valence-electron chi connectivity index (χ2n) is 5.04. The topological polar surface area (TPSA) is 46.2 Å². The average Bonchev–Trinajstić information content (AvgIpc) is 2.55. The number of rotatable bonds is 7. The van der Waals surface area contributed by atoms with E-state index in [1.54, 1.807) is 24.3 Å². The van der Waals surface area contributed by atoms with Crippen LogP contribution >= 0.6 is 23.4 Å². The van der Waals surface area contributed by atoms with E-state index in [9.17, 15) is 9.59 Å². The summed E-state index contributed by atoms with van der Waals surface area (Å²) in [6.07, 6.45) is 1.31. The summed E-state index contributed by atoms with van der Waals surface area (Å²) < 4.78 is 0. The van der Waals surface area contributed by atoms with Gasteiger partial charge < -0.3 is 5.32 Å². The van der Waals surface area contributed by atoms with Crippen molar-refractivity contribution < 1.29 is 9.59 Å². The SMILES string of the molecule is CCCC(=O)Nc1ccc(C(=O)CSc2ccc(Cl)cc2)cc1. The molecule has 0 atom stereocenters.